The molecule has 1 amide bonds. The van der Waals surface area contributed by atoms with Crippen molar-refractivity contribution >= 4 is 16.9 Å². The van der Waals surface area contributed by atoms with Crippen LogP contribution in [0.3, 0.4) is 0 Å². The van der Waals surface area contributed by atoms with Gasteiger partial charge in [-0.3, -0.25) is 4.79 Å². The molecule has 0 unspecified atom stereocenters. The first-order valence-corrected chi connectivity index (χ1v) is 9.32. The van der Waals surface area contributed by atoms with E-state index in [9.17, 15) is 14.3 Å². The number of hydrogen-bond acceptors (Lipinski definition) is 3. The number of nitrogens with one attached hydrogen (secondary N) is 2. The molecule has 0 saturated heterocycles. The molecule has 0 aliphatic heterocycles. The van der Waals surface area contributed by atoms with Crippen molar-refractivity contribution in [2.24, 2.45) is 0 Å². The van der Waals surface area contributed by atoms with Crippen LogP contribution in [0.25, 0.3) is 11.0 Å². The van der Waals surface area contributed by atoms with Gasteiger partial charge in [-0.15, -0.1) is 0 Å². The number of rotatable bonds is 6. The van der Waals surface area contributed by atoms with E-state index >= 15 is 0 Å². The van der Waals surface area contributed by atoms with Crippen LogP contribution in [0, 0.1) is 5.82 Å². The van der Waals surface area contributed by atoms with E-state index in [2.05, 4.69) is 15.3 Å². The first kappa shape index (κ1) is 18.8. The number of aromatic nitrogens is 2. The van der Waals surface area contributed by atoms with E-state index in [4.69, 9.17) is 0 Å². The van der Waals surface area contributed by atoms with Crippen molar-refractivity contribution in [1.29, 1.82) is 0 Å². The van der Waals surface area contributed by atoms with Crippen LogP contribution < -0.4 is 5.32 Å². The summed E-state index contributed by atoms with van der Waals surface area (Å²) in [5.41, 5.74) is 3.02. The lowest BCUT2D eigenvalue weighted by Gasteiger charge is -2.19. The highest BCUT2D eigenvalue weighted by molar-refractivity contribution is 5.82. The van der Waals surface area contributed by atoms with Crippen molar-refractivity contribution in [3.8, 4) is 0 Å². The van der Waals surface area contributed by atoms with Crippen molar-refractivity contribution in [1.82, 2.24) is 15.3 Å². The molecule has 0 spiro atoms. The lowest BCUT2D eigenvalue weighted by atomic mass is 10.0. The number of aromatic amines is 1. The van der Waals surface area contributed by atoms with Gasteiger partial charge in [-0.25, -0.2) is 9.37 Å². The average molecular weight is 389 g/mol. The Morgan fingerprint density at radius 2 is 1.69 bits per heavy atom. The minimum Gasteiger partial charge on any atom is -0.378 e. The Hall–Kier alpha value is -3.51. The van der Waals surface area contributed by atoms with Crippen molar-refractivity contribution in [2.45, 2.75) is 18.6 Å². The summed E-state index contributed by atoms with van der Waals surface area (Å²) >= 11 is 0. The number of nitrogens with zero attached hydrogens (tertiary/aromatic N) is 1. The number of imidazole rings is 1. The van der Waals surface area contributed by atoms with Crippen molar-refractivity contribution in [3.05, 3.63) is 102 Å². The molecular formula is C23H20FN3O2. The molecule has 2 atom stereocenters. The topological polar surface area (TPSA) is 78.0 Å². The van der Waals surface area contributed by atoms with Gasteiger partial charge in [-0.2, -0.15) is 0 Å². The van der Waals surface area contributed by atoms with Gasteiger partial charge in [-0.05, 0) is 41.8 Å². The fraction of sp³-hybridized carbons (Fsp3) is 0.130. The van der Waals surface area contributed by atoms with Gasteiger partial charge in [0.25, 0.3) is 5.91 Å². The van der Waals surface area contributed by atoms with E-state index in [-0.39, 0.29) is 0 Å². The van der Waals surface area contributed by atoms with Gasteiger partial charge in [0.15, 0.2) is 6.10 Å². The number of aliphatic hydroxyl groups is 1. The number of carbonyl (C=O) groups is 1. The number of fused-ring (bicyclic) bond motifs is 1. The Balaban J connectivity index is 1.60. The van der Waals surface area contributed by atoms with Crippen LogP contribution in [0.15, 0.2) is 78.9 Å². The zero-order valence-electron chi connectivity index (χ0n) is 15.5. The van der Waals surface area contributed by atoms with Gasteiger partial charge in [0.1, 0.15) is 11.6 Å². The fourth-order valence-electron chi connectivity index (χ4n) is 3.25. The van der Waals surface area contributed by atoms with E-state index in [1.54, 1.807) is 0 Å². The largest absolute Gasteiger partial charge is 0.378 e. The summed E-state index contributed by atoms with van der Waals surface area (Å²) in [6.07, 6.45) is -0.902. The van der Waals surface area contributed by atoms with Crippen LogP contribution in [0.4, 0.5) is 4.39 Å². The van der Waals surface area contributed by atoms with Gasteiger partial charge in [0, 0.05) is 0 Å². The predicted molar refractivity (Wildman–Crippen MR) is 108 cm³/mol. The molecule has 0 fully saturated rings. The van der Waals surface area contributed by atoms with Gasteiger partial charge >= 0.3 is 0 Å². The summed E-state index contributed by atoms with van der Waals surface area (Å²) in [6.45, 7) is 0. The number of H-pyrrole nitrogens is 1. The molecular weight excluding hydrogens is 369 g/mol. The molecule has 29 heavy (non-hydrogen) atoms. The van der Waals surface area contributed by atoms with Crippen LogP contribution in [0.2, 0.25) is 0 Å². The maximum atomic E-state index is 13.1. The molecule has 0 saturated carbocycles. The second kappa shape index (κ2) is 8.24. The molecule has 3 aromatic carbocycles. The van der Waals surface area contributed by atoms with E-state index in [0.717, 1.165) is 16.6 Å². The van der Waals surface area contributed by atoms with Gasteiger partial charge in [0.2, 0.25) is 0 Å². The fourth-order valence-corrected chi connectivity index (χ4v) is 3.25. The highest BCUT2D eigenvalue weighted by atomic mass is 19.1. The lowest BCUT2D eigenvalue weighted by molar-refractivity contribution is -0.130. The third-order valence-corrected chi connectivity index (χ3v) is 4.77. The number of halogens is 1. The summed E-state index contributed by atoms with van der Waals surface area (Å²) in [5.74, 6) is -0.390. The van der Waals surface area contributed by atoms with Crippen LogP contribution >= 0.6 is 0 Å². The molecule has 3 N–H and O–H groups in total. The molecule has 0 bridgehead atoms. The zero-order valence-corrected chi connectivity index (χ0v) is 15.5. The number of para-hydroxylation sites is 2. The SMILES string of the molecule is O=C(N[C@H](Cc1ccccc1)c1nc2ccccc2[nH]1)[C@@H](O)c1ccc(F)cc1. The highest BCUT2D eigenvalue weighted by Crippen LogP contribution is 2.22. The third kappa shape index (κ3) is 4.33. The summed E-state index contributed by atoms with van der Waals surface area (Å²) in [5, 5.41) is 13.3. The maximum absolute atomic E-state index is 13.1. The summed E-state index contributed by atoms with van der Waals surface area (Å²) in [7, 11) is 0. The molecule has 5 nitrogen and oxygen atoms in total. The van der Waals surface area contributed by atoms with Gasteiger partial charge < -0.3 is 15.4 Å². The van der Waals surface area contributed by atoms with Crippen LogP contribution in [-0.2, 0) is 11.2 Å². The molecule has 0 radical (unpaired) electrons. The molecule has 4 rings (SSSR count). The highest BCUT2D eigenvalue weighted by Gasteiger charge is 2.24. The third-order valence-electron chi connectivity index (χ3n) is 4.77. The van der Waals surface area contributed by atoms with E-state index in [1.165, 1.54) is 24.3 Å². The van der Waals surface area contributed by atoms with E-state index < -0.39 is 23.9 Å². The van der Waals surface area contributed by atoms with Crippen molar-refractivity contribution in [3.63, 3.8) is 0 Å². The smallest absolute Gasteiger partial charge is 0.254 e. The Morgan fingerprint density at radius 1 is 1.00 bits per heavy atom. The zero-order chi connectivity index (χ0) is 20.2. The Bertz CT molecular complexity index is 1080. The van der Waals surface area contributed by atoms with Crippen molar-refractivity contribution in [2.75, 3.05) is 0 Å². The van der Waals surface area contributed by atoms with Crippen LogP contribution in [-0.4, -0.2) is 21.0 Å². The number of amides is 1. The van der Waals surface area contributed by atoms with E-state index in [1.807, 2.05) is 54.6 Å². The number of carbonyl (C=O) groups excluding carboxylic acids is 1. The standard InChI is InChI=1S/C23H20FN3O2/c24-17-12-10-16(11-13-17)21(28)23(29)27-20(14-15-6-2-1-3-7-15)22-25-18-8-4-5-9-19(18)26-22/h1-13,20-21,28H,14H2,(H,25,26)(H,27,29)/t20-,21+/m1/s1. The molecule has 146 valence electrons. The Kier molecular flexibility index (Phi) is 5.35. The molecule has 0 aliphatic carbocycles. The molecule has 1 heterocycles. The Morgan fingerprint density at radius 3 is 2.41 bits per heavy atom. The maximum Gasteiger partial charge on any atom is 0.254 e. The number of hydrogen-bond donors (Lipinski definition) is 3. The number of aliphatic hydroxyl groups excluding tert-OH is 1. The Labute approximate surface area is 167 Å². The minimum absolute atomic E-state index is 0.326. The van der Waals surface area contributed by atoms with Crippen molar-refractivity contribution < 1.29 is 14.3 Å². The molecule has 0 aliphatic rings. The normalized spacial score (nSPS) is 13.2. The average Bonchev–Trinajstić information content (AvgIpc) is 3.18. The summed E-state index contributed by atoms with van der Waals surface area (Å²) in [6, 6.07) is 22.1. The van der Waals surface area contributed by atoms with Gasteiger partial charge in [0.05, 0.1) is 17.1 Å². The lowest BCUT2D eigenvalue weighted by Crippen LogP contribution is -2.34. The molecule has 6 heteroatoms. The predicted octanol–water partition coefficient (Wildman–Crippen LogP) is 3.84. The summed E-state index contributed by atoms with van der Waals surface area (Å²) in [4.78, 5) is 20.6. The summed E-state index contributed by atoms with van der Waals surface area (Å²) < 4.78 is 13.1. The van der Waals surface area contributed by atoms with Crippen LogP contribution in [0.1, 0.15) is 29.1 Å². The first-order valence-electron chi connectivity index (χ1n) is 9.32. The first-order chi connectivity index (χ1) is 14.1. The quantitative estimate of drug-likeness (QED) is 0.469. The van der Waals surface area contributed by atoms with E-state index in [0.29, 0.717) is 17.8 Å². The molecule has 4 aromatic rings. The second-order valence-corrected chi connectivity index (χ2v) is 6.84. The molecule has 1 aromatic heterocycles. The second-order valence-electron chi connectivity index (χ2n) is 6.84. The number of benzene rings is 3. The van der Waals surface area contributed by atoms with Crippen LogP contribution in [0.5, 0.6) is 0 Å². The minimum atomic E-state index is -1.40. The van der Waals surface area contributed by atoms with Gasteiger partial charge in [-0.1, -0.05) is 54.6 Å². The monoisotopic (exact) mass is 389 g/mol.